The minimum atomic E-state index is -0.0796. The highest BCUT2D eigenvalue weighted by Crippen LogP contribution is 2.23. The Morgan fingerprint density at radius 3 is 2.58 bits per heavy atom. The molecule has 1 amide bonds. The maximum absolute atomic E-state index is 12.4. The Labute approximate surface area is 149 Å². The molecule has 0 bridgehead atoms. The van der Waals surface area contributed by atoms with Crippen LogP contribution in [0.3, 0.4) is 0 Å². The van der Waals surface area contributed by atoms with E-state index in [1.807, 2.05) is 11.8 Å². The molecule has 0 spiro atoms. The zero-order valence-corrected chi connectivity index (χ0v) is 15.0. The Balaban J connectivity index is 1.51. The zero-order valence-electron chi connectivity index (χ0n) is 13.4. The van der Waals surface area contributed by atoms with Gasteiger partial charge in [0.05, 0.1) is 21.5 Å². The van der Waals surface area contributed by atoms with Crippen LogP contribution < -0.4 is 5.56 Å². The lowest BCUT2D eigenvalue weighted by Gasteiger charge is -2.34. The second kappa shape index (κ2) is 7.46. The number of piperazine rings is 1. The van der Waals surface area contributed by atoms with E-state index < -0.39 is 0 Å². The van der Waals surface area contributed by atoms with Crippen LogP contribution in [0.2, 0.25) is 4.34 Å². The van der Waals surface area contributed by atoms with Crippen LogP contribution in [0.4, 0.5) is 0 Å². The van der Waals surface area contributed by atoms with Gasteiger partial charge < -0.3 is 4.90 Å². The number of aryl methyl sites for hydroxylation is 1. The minimum Gasteiger partial charge on any atom is -0.335 e. The Hall–Kier alpha value is -1.70. The highest BCUT2D eigenvalue weighted by molar-refractivity contribution is 7.17. The van der Waals surface area contributed by atoms with Crippen molar-refractivity contribution in [3.05, 3.63) is 49.5 Å². The average Bonchev–Trinajstić information content (AvgIpc) is 3.02. The molecule has 0 aromatic carbocycles. The molecule has 6 nitrogen and oxygen atoms in total. The second-order valence-electron chi connectivity index (χ2n) is 5.77. The fourth-order valence-corrected chi connectivity index (χ4v) is 3.72. The molecule has 2 aromatic rings. The van der Waals surface area contributed by atoms with Crippen molar-refractivity contribution in [3.8, 4) is 0 Å². The maximum Gasteiger partial charge on any atom is 0.266 e. The summed E-state index contributed by atoms with van der Waals surface area (Å²) in [5.41, 5.74) is 0.753. The van der Waals surface area contributed by atoms with Crippen LogP contribution in [-0.4, -0.2) is 58.2 Å². The number of rotatable bonds is 4. The Bertz CT molecular complexity index is 780. The maximum atomic E-state index is 12.4. The highest BCUT2D eigenvalue weighted by Gasteiger charge is 2.23. The number of carbonyl (C=O) groups excluding carboxylic acids is 1. The molecule has 0 aliphatic carbocycles. The predicted octanol–water partition coefficient (Wildman–Crippen LogP) is 1.72. The lowest BCUT2D eigenvalue weighted by Crippen LogP contribution is -2.49. The van der Waals surface area contributed by atoms with Gasteiger partial charge in [0.15, 0.2) is 0 Å². The quantitative estimate of drug-likeness (QED) is 0.826. The van der Waals surface area contributed by atoms with Crippen molar-refractivity contribution in [3.63, 3.8) is 0 Å². The second-order valence-corrected chi connectivity index (χ2v) is 7.49. The van der Waals surface area contributed by atoms with Crippen LogP contribution >= 0.6 is 22.9 Å². The molecule has 0 radical (unpaired) electrons. The van der Waals surface area contributed by atoms with Crippen LogP contribution in [0.1, 0.15) is 15.4 Å². The third-order valence-corrected chi connectivity index (χ3v) is 5.29. The van der Waals surface area contributed by atoms with Crippen molar-refractivity contribution in [2.45, 2.75) is 13.5 Å². The topological polar surface area (TPSA) is 58.4 Å². The molecular weight excluding hydrogens is 348 g/mol. The first-order chi connectivity index (χ1) is 11.5. The van der Waals surface area contributed by atoms with E-state index >= 15 is 0 Å². The summed E-state index contributed by atoms with van der Waals surface area (Å²) in [6.45, 7) is 6.15. The first-order valence-corrected chi connectivity index (χ1v) is 9.04. The number of nitrogens with zero attached hydrogens (tertiary/aromatic N) is 4. The number of hydrogen-bond donors (Lipinski definition) is 0. The fraction of sp³-hybridized carbons (Fsp3) is 0.438. The van der Waals surface area contributed by atoms with Gasteiger partial charge in [-0.3, -0.25) is 14.5 Å². The Morgan fingerprint density at radius 1 is 1.17 bits per heavy atom. The first kappa shape index (κ1) is 17.1. The summed E-state index contributed by atoms with van der Waals surface area (Å²) in [6, 6.07) is 6.80. The summed E-state index contributed by atoms with van der Waals surface area (Å²) in [5, 5.41) is 4.24. The van der Waals surface area contributed by atoms with Gasteiger partial charge >= 0.3 is 0 Å². The highest BCUT2D eigenvalue weighted by atomic mass is 35.5. The molecule has 1 saturated heterocycles. The van der Waals surface area contributed by atoms with Gasteiger partial charge in [-0.15, -0.1) is 11.3 Å². The normalized spacial score (nSPS) is 15.7. The zero-order chi connectivity index (χ0) is 17.1. The van der Waals surface area contributed by atoms with E-state index in [4.69, 9.17) is 11.6 Å². The smallest absolute Gasteiger partial charge is 0.266 e. The summed E-state index contributed by atoms with van der Waals surface area (Å²) in [4.78, 5) is 28.9. The van der Waals surface area contributed by atoms with Gasteiger partial charge in [0, 0.05) is 38.8 Å². The Morgan fingerprint density at radius 2 is 1.92 bits per heavy atom. The van der Waals surface area contributed by atoms with Crippen LogP contribution in [0.15, 0.2) is 29.1 Å². The van der Waals surface area contributed by atoms with Gasteiger partial charge in [-0.1, -0.05) is 11.6 Å². The molecule has 0 atom stereocenters. The number of amides is 1. The average molecular weight is 367 g/mol. The Kier molecular flexibility index (Phi) is 5.33. The molecule has 3 rings (SSSR count). The number of aromatic nitrogens is 2. The summed E-state index contributed by atoms with van der Waals surface area (Å²) < 4.78 is 2.13. The molecule has 128 valence electrons. The van der Waals surface area contributed by atoms with Crippen molar-refractivity contribution in [2.75, 3.05) is 32.7 Å². The van der Waals surface area contributed by atoms with E-state index in [1.165, 1.54) is 16.0 Å². The van der Waals surface area contributed by atoms with Gasteiger partial charge in [0.25, 0.3) is 11.5 Å². The monoisotopic (exact) mass is 366 g/mol. The number of halogens is 1. The summed E-state index contributed by atoms with van der Waals surface area (Å²) in [5.74, 6) is 0.0446. The van der Waals surface area contributed by atoms with E-state index in [-0.39, 0.29) is 11.5 Å². The number of hydrogen-bond acceptors (Lipinski definition) is 5. The third kappa shape index (κ3) is 4.03. The molecule has 8 heteroatoms. The van der Waals surface area contributed by atoms with Gasteiger partial charge in [0.1, 0.15) is 0 Å². The summed E-state index contributed by atoms with van der Waals surface area (Å²) in [7, 11) is 0. The van der Waals surface area contributed by atoms with E-state index in [2.05, 4.69) is 10.00 Å². The molecule has 1 aliphatic rings. The van der Waals surface area contributed by atoms with Crippen molar-refractivity contribution in [2.24, 2.45) is 0 Å². The molecule has 0 N–H and O–H groups in total. The lowest BCUT2D eigenvalue weighted by molar-refractivity contribution is 0.0636. The SMILES string of the molecule is Cc1ccc(=O)n(CCN2CCN(C(=O)c3ccc(Cl)s3)CC2)n1. The molecule has 3 heterocycles. The molecular formula is C16H19ClN4O2S. The molecule has 0 saturated carbocycles. The predicted molar refractivity (Wildman–Crippen MR) is 94.9 cm³/mol. The van der Waals surface area contributed by atoms with Crippen molar-refractivity contribution in [1.29, 1.82) is 0 Å². The summed E-state index contributed by atoms with van der Waals surface area (Å²) in [6.07, 6.45) is 0. The summed E-state index contributed by atoms with van der Waals surface area (Å²) >= 11 is 7.21. The van der Waals surface area contributed by atoms with E-state index in [0.29, 0.717) is 28.8 Å². The largest absolute Gasteiger partial charge is 0.335 e. The van der Waals surface area contributed by atoms with Crippen LogP contribution in [0.25, 0.3) is 0 Å². The van der Waals surface area contributed by atoms with Crippen molar-refractivity contribution >= 4 is 28.8 Å². The van der Waals surface area contributed by atoms with Gasteiger partial charge in [-0.25, -0.2) is 4.68 Å². The fourth-order valence-electron chi connectivity index (χ4n) is 2.71. The molecule has 1 fully saturated rings. The molecule has 0 unspecified atom stereocenters. The van der Waals surface area contributed by atoms with E-state index in [0.717, 1.165) is 25.3 Å². The number of carbonyl (C=O) groups is 1. The van der Waals surface area contributed by atoms with Crippen LogP contribution in [0.5, 0.6) is 0 Å². The number of thiophene rings is 1. The van der Waals surface area contributed by atoms with E-state index in [9.17, 15) is 9.59 Å². The lowest BCUT2D eigenvalue weighted by atomic mass is 10.3. The van der Waals surface area contributed by atoms with Gasteiger partial charge in [-0.2, -0.15) is 5.10 Å². The van der Waals surface area contributed by atoms with Crippen LogP contribution in [-0.2, 0) is 6.54 Å². The van der Waals surface area contributed by atoms with Crippen molar-refractivity contribution in [1.82, 2.24) is 19.6 Å². The standard InChI is InChI=1S/C16H19ClN4O2S/c1-12-2-5-15(22)21(18-12)11-8-19-6-9-20(10-7-19)16(23)13-3-4-14(17)24-13/h2-5H,6-11H2,1H3. The van der Waals surface area contributed by atoms with Gasteiger partial charge in [0.2, 0.25) is 0 Å². The van der Waals surface area contributed by atoms with Gasteiger partial charge in [-0.05, 0) is 25.1 Å². The van der Waals surface area contributed by atoms with E-state index in [1.54, 1.807) is 24.3 Å². The van der Waals surface area contributed by atoms with Crippen molar-refractivity contribution < 1.29 is 4.79 Å². The molecule has 2 aromatic heterocycles. The molecule has 1 aliphatic heterocycles. The molecule has 24 heavy (non-hydrogen) atoms. The minimum absolute atomic E-state index is 0.0446. The van der Waals surface area contributed by atoms with Crippen LogP contribution in [0, 0.1) is 6.92 Å². The third-order valence-electron chi connectivity index (χ3n) is 4.07. The first-order valence-electron chi connectivity index (χ1n) is 7.85.